The number of anilines is 3. The van der Waals surface area contributed by atoms with Crippen molar-refractivity contribution >= 4 is 34.7 Å². The number of aromatic nitrogens is 2. The second-order valence-electron chi connectivity index (χ2n) is 7.09. The Bertz CT molecular complexity index is 845. The van der Waals surface area contributed by atoms with Gasteiger partial charge in [0.2, 0.25) is 5.95 Å². The third-order valence-electron chi connectivity index (χ3n) is 5.06. The first-order valence-corrected chi connectivity index (χ1v) is 10.2. The first-order chi connectivity index (χ1) is 13.5. The molecule has 1 unspecified atom stereocenters. The summed E-state index contributed by atoms with van der Waals surface area (Å²) in [6.07, 6.45) is 6.52. The van der Waals surface area contributed by atoms with E-state index in [1.807, 2.05) is 0 Å². The molecule has 0 bridgehead atoms. The van der Waals surface area contributed by atoms with Gasteiger partial charge in [-0.15, -0.1) is 0 Å². The normalized spacial score (nSPS) is 16.8. The molecule has 150 valence electrons. The summed E-state index contributed by atoms with van der Waals surface area (Å²) in [5, 5.41) is 14.4. The highest BCUT2D eigenvalue weighted by Crippen LogP contribution is 2.30. The minimum atomic E-state index is -0.493. The third-order valence-corrected chi connectivity index (χ3v) is 5.38. The van der Waals surface area contributed by atoms with Gasteiger partial charge in [-0.05, 0) is 44.2 Å². The SMILES string of the molecule is CCCc1cc(N2CCCCC2CC)nc(Nc2ccc(Cl)c([N+](=O)[O-])c2)n1. The fourth-order valence-electron chi connectivity index (χ4n) is 3.66. The van der Waals surface area contributed by atoms with E-state index in [2.05, 4.69) is 35.1 Å². The van der Waals surface area contributed by atoms with E-state index in [-0.39, 0.29) is 10.7 Å². The van der Waals surface area contributed by atoms with Crippen molar-refractivity contribution in [3.05, 3.63) is 45.1 Å². The van der Waals surface area contributed by atoms with E-state index in [1.54, 1.807) is 6.07 Å². The molecule has 1 aliphatic heterocycles. The summed E-state index contributed by atoms with van der Waals surface area (Å²) in [5.74, 6) is 1.38. The van der Waals surface area contributed by atoms with Gasteiger partial charge in [0.25, 0.3) is 5.69 Å². The van der Waals surface area contributed by atoms with Crippen LogP contribution < -0.4 is 10.2 Å². The molecule has 0 radical (unpaired) electrons. The second kappa shape index (κ2) is 9.19. The number of hydrogen-bond donors (Lipinski definition) is 1. The first kappa shape index (κ1) is 20.3. The predicted molar refractivity (Wildman–Crippen MR) is 113 cm³/mol. The highest BCUT2D eigenvalue weighted by molar-refractivity contribution is 6.32. The Kier molecular flexibility index (Phi) is 6.67. The number of rotatable bonds is 7. The largest absolute Gasteiger partial charge is 0.353 e. The minimum Gasteiger partial charge on any atom is -0.353 e. The van der Waals surface area contributed by atoms with Gasteiger partial charge >= 0.3 is 0 Å². The van der Waals surface area contributed by atoms with E-state index in [0.29, 0.717) is 17.7 Å². The van der Waals surface area contributed by atoms with Crippen LogP contribution in [0.4, 0.5) is 23.1 Å². The molecule has 0 aliphatic carbocycles. The number of nitro benzene ring substituents is 1. The molecular weight excluding hydrogens is 378 g/mol. The van der Waals surface area contributed by atoms with Crippen LogP contribution in [0.2, 0.25) is 5.02 Å². The molecule has 8 heteroatoms. The standard InChI is InChI=1S/C20H26ClN5O2/c1-3-7-14-13-19(25-11-6-5-8-16(25)4-2)24-20(22-14)23-15-9-10-17(21)18(12-15)26(27)28/h9-10,12-13,16H,3-8,11H2,1-2H3,(H,22,23,24). The monoisotopic (exact) mass is 403 g/mol. The molecule has 0 saturated carbocycles. The van der Waals surface area contributed by atoms with Gasteiger partial charge in [-0.2, -0.15) is 4.98 Å². The Hall–Kier alpha value is -2.41. The summed E-state index contributed by atoms with van der Waals surface area (Å²) in [7, 11) is 0. The second-order valence-corrected chi connectivity index (χ2v) is 7.50. The molecule has 1 aromatic heterocycles. The molecule has 1 N–H and O–H groups in total. The number of nitro groups is 1. The van der Waals surface area contributed by atoms with Gasteiger partial charge in [-0.25, -0.2) is 4.98 Å². The average Bonchev–Trinajstić information content (AvgIpc) is 2.69. The molecule has 28 heavy (non-hydrogen) atoms. The van der Waals surface area contributed by atoms with Crippen LogP contribution in [0, 0.1) is 10.1 Å². The Morgan fingerprint density at radius 2 is 2.11 bits per heavy atom. The van der Waals surface area contributed by atoms with Crippen LogP contribution in [0.5, 0.6) is 0 Å². The first-order valence-electron chi connectivity index (χ1n) is 9.87. The molecule has 1 saturated heterocycles. The van der Waals surface area contributed by atoms with Crippen molar-refractivity contribution in [3.63, 3.8) is 0 Å². The molecule has 1 aliphatic rings. The maximum absolute atomic E-state index is 11.2. The lowest BCUT2D eigenvalue weighted by Gasteiger charge is -2.36. The molecule has 2 heterocycles. The van der Waals surface area contributed by atoms with Crippen LogP contribution in [-0.4, -0.2) is 27.5 Å². The van der Waals surface area contributed by atoms with Crippen LogP contribution in [-0.2, 0) is 6.42 Å². The molecule has 3 rings (SSSR count). The topological polar surface area (TPSA) is 84.2 Å². The van der Waals surface area contributed by atoms with Gasteiger partial charge in [0.15, 0.2) is 0 Å². The fourth-order valence-corrected chi connectivity index (χ4v) is 3.84. The zero-order valence-electron chi connectivity index (χ0n) is 16.3. The van der Waals surface area contributed by atoms with Crippen molar-refractivity contribution in [2.45, 2.75) is 58.4 Å². The van der Waals surface area contributed by atoms with Gasteiger partial charge in [0, 0.05) is 36.1 Å². The quantitative estimate of drug-likeness (QED) is 0.485. The van der Waals surface area contributed by atoms with Crippen LogP contribution in [0.25, 0.3) is 0 Å². The maximum Gasteiger partial charge on any atom is 0.289 e. The van der Waals surface area contributed by atoms with E-state index in [4.69, 9.17) is 16.6 Å². The van der Waals surface area contributed by atoms with E-state index in [1.165, 1.54) is 25.0 Å². The number of hydrogen-bond acceptors (Lipinski definition) is 6. The van der Waals surface area contributed by atoms with Crippen molar-refractivity contribution in [3.8, 4) is 0 Å². The molecule has 7 nitrogen and oxygen atoms in total. The number of aryl methyl sites for hydroxylation is 1. The van der Waals surface area contributed by atoms with Crippen LogP contribution in [0.3, 0.4) is 0 Å². The zero-order chi connectivity index (χ0) is 20.1. The Morgan fingerprint density at radius 1 is 1.29 bits per heavy atom. The summed E-state index contributed by atoms with van der Waals surface area (Å²) >= 11 is 5.91. The van der Waals surface area contributed by atoms with Crippen molar-refractivity contribution in [1.82, 2.24) is 9.97 Å². The zero-order valence-corrected chi connectivity index (χ0v) is 17.1. The molecule has 0 spiro atoms. The number of halogens is 1. The van der Waals surface area contributed by atoms with Crippen molar-refractivity contribution in [2.24, 2.45) is 0 Å². The Balaban J connectivity index is 1.93. The third kappa shape index (κ3) is 4.70. The van der Waals surface area contributed by atoms with Crippen molar-refractivity contribution < 1.29 is 4.92 Å². The van der Waals surface area contributed by atoms with E-state index < -0.39 is 4.92 Å². The van der Waals surface area contributed by atoms with Gasteiger partial charge in [-0.3, -0.25) is 10.1 Å². The lowest BCUT2D eigenvalue weighted by atomic mass is 10.00. The number of benzene rings is 1. The molecule has 0 amide bonds. The predicted octanol–water partition coefficient (Wildman–Crippen LogP) is 5.50. The van der Waals surface area contributed by atoms with Crippen LogP contribution in [0.15, 0.2) is 24.3 Å². The highest BCUT2D eigenvalue weighted by Gasteiger charge is 2.23. The molecular formula is C20H26ClN5O2. The smallest absolute Gasteiger partial charge is 0.289 e. The van der Waals surface area contributed by atoms with Crippen molar-refractivity contribution in [2.75, 3.05) is 16.8 Å². The summed E-state index contributed by atoms with van der Waals surface area (Å²) in [6, 6.07) is 7.18. The van der Waals surface area contributed by atoms with Crippen LogP contribution >= 0.6 is 11.6 Å². The number of piperidine rings is 1. The Morgan fingerprint density at radius 3 is 2.82 bits per heavy atom. The molecule has 2 aromatic rings. The molecule has 1 aromatic carbocycles. The van der Waals surface area contributed by atoms with Gasteiger partial charge < -0.3 is 10.2 Å². The lowest BCUT2D eigenvalue weighted by molar-refractivity contribution is -0.384. The van der Waals surface area contributed by atoms with Crippen LogP contribution in [0.1, 0.15) is 51.6 Å². The highest BCUT2D eigenvalue weighted by atomic mass is 35.5. The number of nitrogens with one attached hydrogen (secondary N) is 1. The van der Waals surface area contributed by atoms with Gasteiger partial charge in [0.05, 0.1) is 4.92 Å². The number of nitrogens with zero attached hydrogens (tertiary/aromatic N) is 4. The Labute approximate surface area is 170 Å². The van der Waals surface area contributed by atoms with E-state index >= 15 is 0 Å². The summed E-state index contributed by atoms with van der Waals surface area (Å²) < 4.78 is 0. The fraction of sp³-hybridized carbons (Fsp3) is 0.500. The minimum absolute atomic E-state index is 0.107. The lowest BCUT2D eigenvalue weighted by Crippen LogP contribution is -2.39. The molecule has 1 atom stereocenters. The van der Waals surface area contributed by atoms with Gasteiger partial charge in [0.1, 0.15) is 10.8 Å². The van der Waals surface area contributed by atoms with Gasteiger partial charge in [-0.1, -0.05) is 31.9 Å². The van der Waals surface area contributed by atoms with E-state index in [9.17, 15) is 10.1 Å². The summed E-state index contributed by atoms with van der Waals surface area (Å²) in [6.45, 7) is 5.32. The average molecular weight is 404 g/mol. The maximum atomic E-state index is 11.2. The van der Waals surface area contributed by atoms with E-state index in [0.717, 1.165) is 43.7 Å². The summed E-state index contributed by atoms with van der Waals surface area (Å²) in [5.41, 5.74) is 1.37. The molecule has 1 fully saturated rings. The summed E-state index contributed by atoms with van der Waals surface area (Å²) in [4.78, 5) is 22.4. The van der Waals surface area contributed by atoms with Crippen molar-refractivity contribution in [1.29, 1.82) is 0 Å².